The number of nitrogens with zero attached hydrogens (tertiary/aromatic N) is 1. The first-order valence-electron chi connectivity index (χ1n) is 6.43. The number of fused-ring (bicyclic) bond motifs is 2. The second-order valence-electron chi connectivity index (χ2n) is 4.91. The SMILES string of the molecule is C=NOCCCOc1ccc2c(c1)C1(CC1)C(=O)N2. The van der Waals surface area contributed by atoms with E-state index in [0.717, 1.165) is 36.3 Å². The predicted molar refractivity (Wildman–Crippen MR) is 71.6 cm³/mol. The van der Waals surface area contributed by atoms with Crippen LogP contribution in [-0.2, 0) is 15.0 Å². The van der Waals surface area contributed by atoms with Crippen LogP contribution in [-0.4, -0.2) is 25.8 Å². The average Bonchev–Trinajstić information content (AvgIpc) is 3.16. The van der Waals surface area contributed by atoms with Gasteiger partial charge in [0.2, 0.25) is 5.91 Å². The molecule has 1 heterocycles. The summed E-state index contributed by atoms with van der Waals surface area (Å²) in [6.07, 6.45) is 2.63. The lowest BCUT2D eigenvalue weighted by Crippen LogP contribution is -2.18. The first kappa shape index (κ1) is 12.0. The van der Waals surface area contributed by atoms with Gasteiger partial charge < -0.3 is 14.9 Å². The molecule has 1 amide bonds. The first-order valence-corrected chi connectivity index (χ1v) is 6.43. The lowest BCUT2D eigenvalue weighted by Gasteiger charge is -2.09. The van der Waals surface area contributed by atoms with Crippen molar-refractivity contribution in [3.8, 4) is 5.75 Å². The number of nitrogens with one attached hydrogen (secondary N) is 1. The molecule has 100 valence electrons. The summed E-state index contributed by atoms with van der Waals surface area (Å²) < 4.78 is 5.65. The van der Waals surface area contributed by atoms with Crippen molar-refractivity contribution in [2.45, 2.75) is 24.7 Å². The number of amides is 1. The number of carbonyl (C=O) groups is 1. The predicted octanol–water partition coefficient (Wildman–Crippen LogP) is 2.07. The van der Waals surface area contributed by atoms with Crippen LogP contribution in [0.1, 0.15) is 24.8 Å². The van der Waals surface area contributed by atoms with Crippen LogP contribution < -0.4 is 10.1 Å². The highest BCUT2D eigenvalue weighted by Gasteiger charge is 2.56. The van der Waals surface area contributed by atoms with Gasteiger partial charge in [-0.05, 0) is 36.6 Å². The van der Waals surface area contributed by atoms with E-state index in [0.29, 0.717) is 13.2 Å². The van der Waals surface area contributed by atoms with Gasteiger partial charge in [0.1, 0.15) is 12.4 Å². The largest absolute Gasteiger partial charge is 0.493 e. The molecular weight excluding hydrogens is 244 g/mol. The van der Waals surface area contributed by atoms with E-state index < -0.39 is 0 Å². The van der Waals surface area contributed by atoms with Crippen LogP contribution in [0.3, 0.4) is 0 Å². The Bertz CT molecular complexity index is 523. The minimum atomic E-state index is -0.259. The Balaban J connectivity index is 1.64. The van der Waals surface area contributed by atoms with Crippen molar-refractivity contribution in [1.29, 1.82) is 0 Å². The monoisotopic (exact) mass is 260 g/mol. The minimum absolute atomic E-state index is 0.130. The Morgan fingerprint density at radius 1 is 1.37 bits per heavy atom. The van der Waals surface area contributed by atoms with E-state index in [1.54, 1.807) is 0 Å². The van der Waals surface area contributed by atoms with Crippen LogP contribution in [0.4, 0.5) is 5.69 Å². The molecule has 5 nitrogen and oxygen atoms in total. The maximum absolute atomic E-state index is 11.9. The third kappa shape index (κ3) is 2.05. The highest BCUT2D eigenvalue weighted by molar-refractivity contribution is 6.08. The molecular formula is C14H16N2O3. The number of rotatable bonds is 6. The highest BCUT2D eigenvalue weighted by atomic mass is 16.6. The van der Waals surface area contributed by atoms with Gasteiger partial charge in [0.15, 0.2) is 0 Å². The maximum Gasteiger partial charge on any atom is 0.235 e. The fraction of sp³-hybridized carbons (Fsp3) is 0.429. The molecule has 19 heavy (non-hydrogen) atoms. The first-order chi connectivity index (χ1) is 9.26. The van der Waals surface area contributed by atoms with Gasteiger partial charge in [-0.2, -0.15) is 0 Å². The minimum Gasteiger partial charge on any atom is -0.493 e. The van der Waals surface area contributed by atoms with Crippen LogP contribution in [0, 0.1) is 0 Å². The number of hydrogen-bond donors (Lipinski definition) is 1. The number of oxime groups is 1. The number of anilines is 1. The molecule has 0 atom stereocenters. The van der Waals surface area contributed by atoms with Crippen molar-refractivity contribution in [1.82, 2.24) is 0 Å². The quantitative estimate of drug-likeness (QED) is 0.484. The molecule has 5 heteroatoms. The van der Waals surface area contributed by atoms with E-state index >= 15 is 0 Å². The Morgan fingerprint density at radius 2 is 2.21 bits per heavy atom. The van der Waals surface area contributed by atoms with Crippen molar-refractivity contribution in [2.75, 3.05) is 18.5 Å². The summed E-state index contributed by atoms with van der Waals surface area (Å²) in [4.78, 5) is 16.7. The van der Waals surface area contributed by atoms with Gasteiger partial charge in [-0.1, -0.05) is 0 Å². The lowest BCUT2D eigenvalue weighted by atomic mass is 9.98. The van der Waals surface area contributed by atoms with E-state index in [4.69, 9.17) is 9.57 Å². The van der Waals surface area contributed by atoms with Crippen molar-refractivity contribution < 1.29 is 14.4 Å². The standard InChI is InChI=1S/C14H16N2O3/c1-15-19-8-2-7-18-10-3-4-12-11(9-10)14(5-6-14)13(17)16-12/h3-4,9H,1-2,5-8H2,(H,16,17). The molecule has 2 aliphatic rings. The molecule has 3 rings (SSSR count). The Labute approximate surface area is 111 Å². The van der Waals surface area contributed by atoms with Crippen molar-refractivity contribution in [3.05, 3.63) is 23.8 Å². The van der Waals surface area contributed by atoms with E-state index in [2.05, 4.69) is 17.2 Å². The number of benzene rings is 1. The van der Waals surface area contributed by atoms with Crippen LogP contribution in [0.5, 0.6) is 5.75 Å². The molecule has 0 unspecified atom stereocenters. The summed E-state index contributed by atoms with van der Waals surface area (Å²) in [5.41, 5.74) is 1.75. The summed E-state index contributed by atoms with van der Waals surface area (Å²) in [6.45, 7) is 4.29. The second-order valence-corrected chi connectivity index (χ2v) is 4.91. The molecule has 1 aliphatic carbocycles. The highest BCUT2D eigenvalue weighted by Crippen LogP contribution is 2.55. The van der Waals surface area contributed by atoms with E-state index in [1.807, 2.05) is 18.2 Å². The third-order valence-corrected chi connectivity index (χ3v) is 3.68. The third-order valence-electron chi connectivity index (χ3n) is 3.68. The normalized spacial score (nSPS) is 17.8. The zero-order chi connectivity index (χ0) is 13.3. The fourth-order valence-electron chi connectivity index (χ4n) is 2.48. The lowest BCUT2D eigenvalue weighted by molar-refractivity contribution is -0.117. The van der Waals surface area contributed by atoms with Crippen LogP contribution in [0.25, 0.3) is 0 Å². The van der Waals surface area contributed by atoms with Gasteiger partial charge in [0, 0.05) is 18.8 Å². The van der Waals surface area contributed by atoms with E-state index in [-0.39, 0.29) is 11.3 Å². The number of carbonyl (C=O) groups excluding carboxylic acids is 1. The number of ether oxygens (including phenoxy) is 1. The van der Waals surface area contributed by atoms with E-state index in [1.165, 1.54) is 0 Å². The van der Waals surface area contributed by atoms with Gasteiger partial charge in [0.05, 0.1) is 12.0 Å². The van der Waals surface area contributed by atoms with Gasteiger partial charge in [-0.3, -0.25) is 4.79 Å². The Morgan fingerprint density at radius 3 is 2.95 bits per heavy atom. The Kier molecular flexibility index (Phi) is 2.89. The molecule has 1 fully saturated rings. The zero-order valence-corrected chi connectivity index (χ0v) is 10.6. The summed E-state index contributed by atoms with van der Waals surface area (Å²) in [5, 5.41) is 6.24. The average molecular weight is 260 g/mol. The number of hydrogen-bond acceptors (Lipinski definition) is 4. The molecule has 1 aromatic rings. The van der Waals surface area contributed by atoms with Gasteiger partial charge in [0.25, 0.3) is 0 Å². The summed E-state index contributed by atoms with van der Waals surface area (Å²) >= 11 is 0. The molecule has 1 spiro atoms. The maximum atomic E-state index is 11.9. The van der Waals surface area contributed by atoms with Crippen molar-refractivity contribution in [3.63, 3.8) is 0 Å². The molecule has 0 aromatic heterocycles. The molecule has 1 N–H and O–H groups in total. The Hall–Kier alpha value is -2.04. The van der Waals surface area contributed by atoms with Crippen LogP contribution in [0.2, 0.25) is 0 Å². The summed E-state index contributed by atoms with van der Waals surface area (Å²) in [6, 6.07) is 5.78. The fourth-order valence-corrected chi connectivity index (χ4v) is 2.48. The molecule has 1 aliphatic heterocycles. The molecule has 0 bridgehead atoms. The smallest absolute Gasteiger partial charge is 0.235 e. The van der Waals surface area contributed by atoms with Gasteiger partial charge >= 0.3 is 0 Å². The van der Waals surface area contributed by atoms with Crippen molar-refractivity contribution in [2.24, 2.45) is 5.16 Å². The van der Waals surface area contributed by atoms with Gasteiger partial charge in [-0.25, -0.2) is 0 Å². The summed E-state index contributed by atoms with van der Waals surface area (Å²) in [7, 11) is 0. The van der Waals surface area contributed by atoms with Gasteiger partial charge in [-0.15, -0.1) is 5.16 Å². The molecule has 0 radical (unpaired) electrons. The zero-order valence-electron chi connectivity index (χ0n) is 10.6. The second kappa shape index (κ2) is 4.57. The van der Waals surface area contributed by atoms with Crippen LogP contribution >= 0.6 is 0 Å². The van der Waals surface area contributed by atoms with Crippen molar-refractivity contribution >= 4 is 18.3 Å². The molecule has 1 saturated carbocycles. The summed E-state index contributed by atoms with van der Waals surface area (Å²) in [5.74, 6) is 0.929. The molecule has 0 saturated heterocycles. The topological polar surface area (TPSA) is 59.9 Å². The van der Waals surface area contributed by atoms with E-state index in [9.17, 15) is 4.79 Å². The van der Waals surface area contributed by atoms with Crippen LogP contribution in [0.15, 0.2) is 23.4 Å². The molecule has 1 aromatic carbocycles.